The minimum atomic E-state index is -0.344. The zero-order valence-corrected chi connectivity index (χ0v) is 18.2. The molecule has 1 N–H and O–H groups in total. The van der Waals surface area contributed by atoms with Crippen LogP contribution in [-0.4, -0.2) is 10.5 Å². The second kappa shape index (κ2) is 7.61. The second-order valence-corrected chi connectivity index (χ2v) is 7.50. The molecule has 25 heavy (non-hydrogen) atoms. The van der Waals surface area contributed by atoms with Crippen molar-refractivity contribution in [3.05, 3.63) is 64.6 Å². The number of aromatic nitrogens is 1. The highest BCUT2D eigenvalue weighted by Crippen LogP contribution is 2.27. The lowest BCUT2D eigenvalue weighted by Crippen LogP contribution is -2.13. The Morgan fingerprint density at radius 2 is 1.88 bits per heavy atom. The molecule has 0 unspecified atom stereocenters. The van der Waals surface area contributed by atoms with Gasteiger partial charge in [0, 0.05) is 38.7 Å². The molecule has 2 aromatic carbocycles. The summed E-state index contributed by atoms with van der Waals surface area (Å²) in [5.41, 5.74) is 5.65. The van der Waals surface area contributed by atoms with E-state index in [2.05, 4.69) is 63.5 Å². The van der Waals surface area contributed by atoms with Gasteiger partial charge >= 0.3 is 0 Å². The second-order valence-electron chi connectivity index (χ2n) is 5.97. The van der Waals surface area contributed by atoms with E-state index in [1.807, 2.05) is 17.7 Å². The van der Waals surface area contributed by atoms with Crippen molar-refractivity contribution in [2.24, 2.45) is 7.05 Å². The number of anilines is 1. The number of carbonyl (C=O) groups is 1. The van der Waals surface area contributed by atoms with E-state index in [9.17, 15) is 9.18 Å². The summed E-state index contributed by atoms with van der Waals surface area (Å²) in [5.74, 6) is -0.561. The van der Waals surface area contributed by atoms with E-state index in [0.717, 1.165) is 25.6 Å². The van der Waals surface area contributed by atoms with Crippen LogP contribution in [0.15, 0.2) is 36.5 Å². The molecule has 0 aliphatic rings. The highest BCUT2D eigenvalue weighted by molar-refractivity contribution is 14.1. The fraction of sp³-hybridized carbons (Fsp3) is 0.211. The number of hydrogen-bond donors (Lipinski definition) is 1. The fourth-order valence-electron chi connectivity index (χ4n) is 2.92. The number of aryl methyl sites for hydroxylation is 2. The van der Waals surface area contributed by atoms with Gasteiger partial charge in [-0.2, -0.15) is 0 Å². The third-order valence-electron chi connectivity index (χ3n) is 4.29. The van der Waals surface area contributed by atoms with Gasteiger partial charge in [0.25, 0.3) is 5.91 Å². The lowest BCUT2D eigenvalue weighted by molar-refractivity contribution is 0.102. The fourth-order valence-corrected chi connectivity index (χ4v) is 4.37. The van der Waals surface area contributed by atoms with Crippen molar-refractivity contribution in [3.63, 3.8) is 0 Å². The average Bonchev–Trinajstić information content (AvgIpc) is 2.92. The summed E-state index contributed by atoms with van der Waals surface area (Å²) in [6, 6.07) is 8.68. The standard InChI is InChI=1S/C19H17FI2N2O/c1-11-5-13(9-22)17(6-12(11)8-21)23-19(25)16-10-24(2)18-4-3-14(20)7-15(16)18/h3-7,10H,8-9H2,1-2H3,(H,23,25). The zero-order chi connectivity index (χ0) is 18.1. The molecule has 1 heterocycles. The first kappa shape index (κ1) is 18.6. The maximum atomic E-state index is 13.6. The monoisotopic (exact) mass is 562 g/mol. The molecule has 1 amide bonds. The van der Waals surface area contributed by atoms with Gasteiger partial charge in [-0.15, -0.1) is 0 Å². The van der Waals surface area contributed by atoms with Crippen LogP contribution in [0.25, 0.3) is 10.9 Å². The summed E-state index contributed by atoms with van der Waals surface area (Å²) in [7, 11) is 1.85. The van der Waals surface area contributed by atoms with Crippen molar-refractivity contribution >= 4 is 67.7 Å². The summed E-state index contributed by atoms with van der Waals surface area (Å²) >= 11 is 4.62. The molecule has 0 radical (unpaired) electrons. The molecule has 0 bridgehead atoms. The molecule has 6 heteroatoms. The summed E-state index contributed by atoms with van der Waals surface area (Å²) in [5, 5.41) is 3.64. The van der Waals surface area contributed by atoms with Crippen LogP contribution in [0.1, 0.15) is 27.0 Å². The van der Waals surface area contributed by atoms with Gasteiger partial charge in [0.2, 0.25) is 0 Å². The van der Waals surface area contributed by atoms with Crippen LogP contribution in [0.3, 0.4) is 0 Å². The lowest BCUT2D eigenvalue weighted by Gasteiger charge is -2.13. The molecule has 0 spiro atoms. The van der Waals surface area contributed by atoms with Crippen LogP contribution in [-0.2, 0) is 15.9 Å². The molecule has 0 saturated carbocycles. The summed E-state index contributed by atoms with van der Waals surface area (Å²) in [6.07, 6.45) is 1.75. The first-order chi connectivity index (χ1) is 11.9. The minimum absolute atomic E-state index is 0.217. The van der Waals surface area contributed by atoms with E-state index in [1.165, 1.54) is 23.3 Å². The smallest absolute Gasteiger partial charge is 0.257 e. The van der Waals surface area contributed by atoms with E-state index in [-0.39, 0.29) is 11.7 Å². The number of nitrogens with zero attached hydrogens (tertiary/aromatic N) is 1. The molecule has 0 fully saturated rings. The molecular formula is C19H17FI2N2O. The average molecular weight is 562 g/mol. The number of fused-ring (bicyclic) bond motifs is 1. The Bertz CT molecular complexity index is 966. The van der Waals surface area contributed by atoms with Gasteiger partial charge in [-0.05, 0) is 47.9 Å². The van der Waals surface area contributed by atoms with Crippen LogP contribution in [0.5, 0.6) is 0 Å². The predicted molar refractivity (Wildman–Crippen MR) is 117 cm³/mol. The van der Waals surface area contributed by atoms with Crippen molar-refractivity contribution in [1.82, 2.24) is 4.57 Å². The van der Waals surface area contributed by atoms with E-state index < -0.39 is 0 Å². The van der Waals surface area contributed by atoms with Crippen molar-refractivity contribution < 1.29 is 9.18 Å². The third-order valence-corrected chi connectivity index (χ3v) is 5.94. The van der Waals surface area contributed by atoms with Crippen molar-refractivity contribution in [2.75, 3.05) is 5.32 Å². The SMILES string of the molecule is Cc1cc(CI)c(NC(=O)c2cn(C)c3ccc(F)cc23)cc1CI. The Morgan fingerprint density at radius 3 is 2.56 bits per heavy atom. The van der Waals surface area contributed by atoms with Crippen LogP contribution in [0, 0.1) is 12.7 Å². The van der Waals surface area contributed by atoms with E-state index in [4.69, 9.17) is 0 Å². The van der Waals surface area contributed by atoms with Crippen LogP contribution >= 0.6 is 45.2 Å². The van der Waals surface area contributed by atoms with Crippen molar-refractivity contribution in [1.29, 1.82) is 0 Å². The zero-order valence-electron chi connectivity index (χ0n) is 13.9. The topological polar surface area (TPSA) is 34.0 Å². The largest absolute Gasteiger partial charge is 0.350 e. The van der Waals surface area contributed by atoms with Crippen molar-refractivity contribution in [3.8, 4) is 0 Å². The summed E-state index contributed by atoms with van der Waals surface area (Å²) in [4.78, 5) is 12.9. The van der Waals surface area contributed by atoms with Gasteiger partial charge < -0.3 is 9.88 Å². The quantitative estimate of drug-likeness (QED) is 0.319. The number of alkyl halides is 2. The number of hydrogen-bond acceptors (Lipinski definition) is 1. The maximum Gasteiger partial charge on any atom is 0.257 e. The molecule has 1 aromatic heterocycles. The Kier molecular flexibility index (Phi) is 5.67. The molecule has 0 atom stereocenters. The van der Waals surface area contributed by atoms with Crippen LogP contribution in [0.2, 0.25) is 0 Å². The molecule has 0 aliphatic heterocycles. The first-order valence-corrected chi connectivity index (χ1v) is 10.8. The molecule has 0 saturated heterocycles. The van der Waals surface area contributed by atoms with E-state index >= 15 is 0 Å². The highest BCUT2D eigenvalue weighted by Gasteiger charge is 2.16. The molecular weight excluding hydrogens is 545 g/mol. The number of rotatable bonds is 4. The third kappa shape index (κ3) is 3.69. The molecule has 130 valence electrons. The van der Waals surface area contributed by atoms with E-state index in [0.29, 0.717) is 10.9 Å². The normalized spacial score (nSPS) is 11.1. The first-order valence-electron chi connectivity index (χ1n) is 7.75. The molecule has 3 rings (SSSR count). The van der Waals surface area contributed by atoms with Crippen LogP contribution in [0.4, 0.5) is 10.1 Å². The number of nitrogens with one attached hydrogen (secondary N) is 1. The van der Waals surface area contributed by atoms with Crippen LogP contribution < -0.4 is 5.32 Å². The number of carbonyl (C=O) groups excluding carboxylic acids is 1. The Morgan fingerprint density at radius 1 is 1.16 bits per heavy atom. The highest BCUT2D eigenvalue weighted by atomic mass is 127. The number of amides is 1. The molecule has 3 aromatic rings. The predicted octanol–water partition coefficient (Wildman–Crippen LogP) is 5.75. The van der Waals surface area contributed by atoms with E-state index in [1.54, 1.807) is 12.3 Å². The van der Waals surface area contributed by atoms with Gasteiger partial charge in [0.05, 0.1) is 5.56 Å². The van der Waals surface area contributed by atoms with Gasteiger partial charge in [-0.1, -0.05) is 51.2 Å². The van der Waals surface area contributed by atoms with Gasteiger partial charge in [-0.3, -0.25) is 4.79 Å². The molecule has 3 nitrogen and oxygen atoms in total. The number of halogens is 3. The summed E-state index contributed by atoms with van der Waals surface area (Å²) < 4.78 is 17.2. The minimum Gasteiger partial charge on any atom is -0.350 e. The van der Waals surface area contributed by atoms with Gasteiger partial charge in [0.1, 0.15) is 5.82 Å². The maximum absolute atomic E-state index is 13.6. The van der Waals surface area contributed by atoms with Gasteiger partial charge in [-0.25, -0.2) is 4.39 Å². The van der Waals surface area contributed by atoms with Crippen molar-refractivity contribution in [2.45, 2.75) is 15.8 Å². The van der Waals surface area contributed by atoms with Gasteiger partial charge in [0.15, 0.2) is 0 Å². The summed E-state index contributed by atoms with van der Waals surface area (Å²) in [6.45, 7) is 2.09. The molecule has 0 aliphatic carbocycles. The number of benzene rings is 2. The lowest BCUT2D eigenvalue weighted by atomic mass is 10.0. The Hall–Kier alpha value is -1.16. The Balaban J connectivity index is 2.02. The Labute approximate surface area is 173 Å².